The van der Waals surface area contributed by atoms with Gasteiger partial charge in [0.15, 0.2) is 0 Å². The van der Waals surface area contributed by atoms with E-state index in [9.17, 15) is 22.4 Å². The van der Waals surface area contributed by atoms with Crippen molar-refractivity contribution >= 4 is 5.97 Å². The predicted octanol–water partition coefficient (Wildman–Crippen LogP) is 7.40. The first-order valence-electron chi connectivity index (χ1n) is 12.5. The first-order valence-corrected chi connectivity index (χ1v) is 12.5. The predicted molar refractivity (Wildman–Crippen MR) is 126 cm³/mol. The molecule has 0 radical (unpaired) electrons. The number of hydrogen-bond donors (Lipinski definition) is 0. The lowest BCUT2D eigenvalue weighted by molar-refractivity contribution is -0.279. The molecule has 0 aliphatic heterocycles. The molecule has 0 saturated heterocycles. The van der Waals surface area contributed by atoms with Gasteiger partial charge in [0.05, 0.1) is 12.0 Å². The average molecular weight is 495 g/mol. The molecule has 192 valence electrons. The third kappa shape index (κ3) is 8.10. The maximum atomic E-state index is 13.0. The number of esters is 1. The summed E-state index contributed by atoms with van der Waals surface area (Å²) in [7, 11) is 0. The van der Waals surface area contributed by atoms with E-state index in [2.05, 4.69) is 30.1 Å². The summed E-state index contributed by atoms with van der Waals surface area (Å²) in [4.78, 5) is 12.6. The van der Waals surface area contributed by atoms with Crippen LogP contribution >= 0.6 is 0 Å². The van der Waals surface area contributed by atoms with E-state index in [1.807, 2.05) is 6.08 Å². The molecule has 2 unspecified atom stereocenters. The molecule has 2 aliphatic rings. The molecule has 0 heterocycles. The van der Waals surface area contributed by atoms with Crippen LogP contribution in [-0.2, 0) is 9.53 Å². The Morgan fingerprint density at radius 3 is 2.26 bits per heavy atom. The summed E-state index contributed by atoms with van der Waals surface area (Å²) < 4.78 is 60.0. The van der Waals surface area contributed by atoms with Gasteiger partial charge in [-0.2, -0.15) is 13.2 Å². The zero-order valence-corrected chi connectivity index (χ0v) is 20.2. The minimum Gasteiger partial charge on any atom is -0.426 e. The summed E-state index contributed by atoms with van der Waals surface area (Å²) >= 11 is 0. The summed E-state index contributed by atoms with van der Waals surface area (Å²) in [6, 6.07) is 7.02. The largest absolute Gasteiger partial charge is 0.445 e. The van der Waals surface area contributed by atoms with Gasteiger partial charge in [-0.1, -0.05) is 24.8 Å². The Hall–Kier alpha value is -2.33. The van der Waals surface area contributed by atoms with Crippen molar-refractivity contribution < 1.29 is 31.8 Å². The Bertz CT molecular complexity index is 884. The van der Waals surface area contributed by atoms with Crippen molar-refractivity contribution in [1.82, 2.24) is 0 Å². The quantitative estimate of drug-likeness (QED) is 0.130. The third-order valence-electron chi connectivity index (χ3n) is 7.22. The Morgan fingerprint density at radius 2 is 1.71 bits per heavy atom. The van der Waals surface area contributed by atoms with Crippen LogP contribution in [0.1, 0.15) is 70.3 Å². The van der Waals surface area contributed by atoms with Crippen LogP contribution in [0.15, 0.2) is 36.9 Å². The van der Waals surface area contributed by atoms with Crippen LogP contribution in [0.5, 0.6) is 5.75 Å². The van der Waals surface area contributed by atoms with Gasteiger partial charge in [-0.3, -0.25) is 4.79 Å². The lowest BCUT2D eigenvalue weighted by Crippen LogP contribution is -2.33. The van der Waals surface area contributed by atoms with Crippen LogP contribution < -0.4 is 4.74 Å². The van der Waals surface area contributed by atoms with Crippen molar-refractivity contribution in [3.63, 3.8) is 0 Å². The van der Waals surface area contributed by atoms with E-state index in [0.717, 1.165) is 37.7 Å². The molecule has 0 spiro atoms. The maximum Gasteiger partial charge on any atom is 0.445 e. The second-order valence-corrected chi connectivity index (χ2v) is 9.60. The van der Waals surface area contributed by atoms with Crippen molar-refractivity contribution in [3.8, 4) is 17.6 Å². The van der Waals surface area contributed by atoms with Crippen molar-refractivity contribution in [2.75, 3.05) is 0 Å². The lowest BCUT2D eigenvalue weighted by atomic mass is 9.75. The van der Waals surface area contributed by atoms with E-state index in [-0.39, 0.29) is 17.8 Å². The van der Waals surface area contributed by atoms with Crippen LogP contribution in [0.3, 0.4) is 0 Å². The van der Waals surface area contributed by atoms with E-state index in [1.165, 1.54) is 0 Å². The highest BCUT2D eigenvalue weighted by Gasteiger charge is 2.43. The molecule has 2 fully saturated rings. The number of hydrogen-bond acceptors (Lipinski definition) is 3. The monoisotopic (exact) mass is 494 g/mol. The van der Waals surface area contributed by atoms with Crippen molar-refractivity contribution in [1.29, 1.82) is 0 Å². The smallest absolute Gasteiger partial charge is 0.426 e. The topological polar surface area (TPSA) is 35.5 Å². The van der Waals surface area contributed by atoms with Gasteiger partial charge in [0.1, 0.15) is 5.75 Å². The fourth-order valence-electron chi connectivity index (χ4n) is 5.06. The number of benzene rings is 1. The van der Waals surface area contributed by atoms with Crippen molar-refractivity contribution in [2.24, 2.45) is 23.7 Å². The number of carbonyl (C=O) groups is 1. The molecule has 2 saturated carbocycles. The molecule has 3 rings (SSSR count). The molecule has 0 aromatic heterocycles. The lowest BCUT2D eigenvalue weighted by Gasteiger charge is -2.31. The van der Waals surface area contributed by atoms with Gasteiger partial charge in [-0.15, -0.1) is 6.58 Å². The molecule has 0 amide bonds. The molecule has 7 heteroatoms. The average Bonchev–Trinajstić information content (AvgIpc) is 2.85. The fraction of sp³-hybridized carbons (Fsp3) is 0.607. The van der Waals surface area contributed by atoms with Gasteiger partial charge in [-0.25, -0.2) is 4.39 Å². The van der Waals surface area contributed by atoms with E-state index in [4.69, 9.17) is 4.74 Å². The summed E-state index contributed by atoms with van der Waals surface area (Å²) in [5.74, 6) is 7.58. The number of ether oxygens (including phenoxy) is 2. The number of alkyl halides is 4. The van der Waals surface area contributed by atoms with Crippen LogP contribution in [0.4, 0.5) is 17.6 Å². The summed E-state index contributed by atoms with van der Waals surface area (Å²) in [5, 5.41) is 0. The van der Waals surface area contributed by atoms with Gasteiger partial charge >= 0.3 is 12.1 Å². The fourth-order valence-corrected chi connectivity index (χ4v) is 5.06. The highest BCUT2D eigenvalue weighted by Crippen LogP contribution is 2.36. The zero-order valence-electron chi connectivity index (χ0n) is 20.2. The van der Waals surface area contributed by atoms with E-state index < -0.39 is 18.6 Å². The standard InChI is InChI=1S/C28H34F4O3/c1-3-21(4-2)22-11-13-23(14-12-22)26(33)34-24-15-7-19(8-16-24)5-6-20-9-17-25(18-10-20)35-27(29)28(30,31)32/h3,7-8,15-16,20-23,25,27H,1,4,9-14,17-18H2,2H3/t20-,21?,22-,23-,25-,27?. The number of halogens is 4. The number of rotatable bonds is 7. The molecule has 1 aromatic rings. The van der Waals surface area contributed by atoms with Gasteiger partial charge < -0.3 is 9.47 Å². The number of allylic oxidation sites excluding steroid dienone is 1. The summed E-state index contributed by atoms with van der Waals surface area (Å²) in [6.45, 7) is 6.10. The van der Waals surface area contributed by atoms with Gasteiger partial charge in [0.25, 0.3) is 6.36 Å². The second kappa shape index (κ2) is 12.6. The molecule has 3 nitrogen and oxygen atoms in total. The van der Waals surface area contributed by atoms with Crippen LogP contribution in [0.2, 0.25) is 0 Å². The molecular formula is C28H34F4O3. The van der Waals surface area contributed by atoms with Crippen LogP contribution in [0, 0.1) is 35.5 Å². The molecule has 35 heavy (non-hydrogen) atoms. The summed E-state index contributed by atoms with van der Waals surface area (Å²) in [5.41, 5.74) is 0.764. The number of carbonyl (C=O) groups excluding carboxylic acids is 1. The summed E-state index contributed by atoms with van der Waals surface area (Å²) in [6.07, 6.45) is -0.307. The molecule has 2 aliphatic carbocycles. The highest BCUT2D eigenvalue weighted by molar-refractivity contribution is 5.75. The van der Waals surface area contributed by atoms with E-state index in [0.29, 0.717) is 43.3 Å². The Labute approximate surface area is 205 Å². The first-order chi connectivity index (χ1) is 16.7. The Morgan fingerprint density at radius 1 is 1.09 bits per heavy atom. The molecular weight excluding hydrogens is 460 g/mol. The third-order valence-corrected chi connectivity index (χ3v) is 7.22. The highest BCUT2D eigenvalue weighted by atomic mass is 19.4. The Balaban J connectivity index is 1.43. The molecule has 0 bridgehead atoms. The Kier molecular flexibility index (Phi) is 9.80. The molecule has 1 aromatic carbocycles. The zero-order chi connectivity index (χ0) is 25.4. The van der Waals surface area contributed by atoms with Gasteiger partial charge in [0, 0.05) is 11.5 Å². The van der Waals surface area contributed by atoms with Crippen LogP contribution in [-0.4, -0.2) is 24.6 Å². The minimum atomic E-state index is -4.99. The molecule has 0 N–H and O–H groups in total. The van der Waals surface area contributed by atoms with E-state index >= 15 is 0 Å². The molecule has 2 atom stereocenters. The van der Waals surface area contributed by atoms with Crippen LogP contribution in [0.25, 0.3) is 0 Å². The van der Waals surface area contributed by atoms with Gasteiger partial charge in [-0.05, 0) is 93.9 Å². The minimum absolute atomic E-state index is 0.0276. The van der Waals surface area contributed by atoms with Crippen molar-refractivity contribution in [3.05, 3.63) is 42.5 Å². The van der Waals surface area contributed by atoms with E-state index in [1.54, 1.807) is 24.3 Å². The second-order valence-electron chi connectivity index (χ2n) is 9.60. The SMILES string of the molecule is C=CC(CC)[C@H]1CC[C@H](C(=O)Oc2ccc(C#C[C@H]3CC[C@H](OC(F)C(F)(F)F)CC3)cc2)CC1. The van der Waals surface area contributed by atoms with Gasteiger partial charge in [0.2, 0.25) is 0 Å². The normalized spacial score (nSPS) is 26.7. The van der Waals surface area contributed by atoms with Crippen molar-refractivity contribution in [2.45, 2.75) is 83.3 Å². The maximum absolute atomic E-state index is 13.0. The first kappa shape index (κ1) is 27.3.